The van der Waals surface area contributed by atoms with Crippen LogP contribution in [0.2, 0.25) is 0 Å². The zero-order valence-corrected chi connectivity index (χ0v) is 7.70. The Morgan fingerprint density at radius 1 is 1.69 bits per heavy atom. The predicted molar refractivity (Wildman–Crippen MR) is 49.8 cm³/mol. The van der Waals surface area contributed by atoms with Crippen molar-refractivity contribution in [3.63, 3.8) is 0 Å². The molecule has 0 bridgehead atoms. The summed E-state index contributed by atoms with van der Waals surface area (Å²) in [6.07, 6.45) is 1.47. The molecule has 0 aliphatic carbocycles. The van der Waals surface area contributed by atoms with Gasteiger partial charge in [-0.25, -0.2) is 4.98 Å². The highest BCUT2D eigenvalue weighted by molar-refractivity contribution is 5.96. The minimum absolute atomic E-state index is 0.0942. The molecule has 4 nitrogen and oxygen atoms in total. The highest BCUT2D eigenvalue weighted by Crippen LogP contribution is 2.18. The molecule has 0 saturated heterocycles. The smallest absolute Gasteiger partial charge is 0.224 e. The largest absolute Gasteiger partial charge is 0.477 e. The molecule has 0 aromatic carbocycles. The molecule has 0 aliphatic heterocycles. The van der Waals surface area contributed by atoms with Gasteiger partial charge in [-0.15, -0.1) is 0 Å². The maximum atomic E-state index is 11.1. The first-order valence-corrected chi connectivity index (χ1v) is 4.04. The van der Waals surface area contributed by atoms with Gasteiger partial charge in [-0.1, -0.05) is 0 Å². The molecule has 0 unspecified atom stereocenters. The van der Waals surface area contributed by atoms with Crippen LogP contribution in [-0.4, -0.2) is 17.4 Å². The number of pyridine rings is 1. The Morgan fingerprint density at radius 3 is 2.92 bits per heavy atom. The molecule has 70 valence electrons. The summed E-state index contributed by atoms with van der Waals surface area (Å²) in [7, 11) is 0. The Kier molecular flexibility index (Phi) is 2.84. The molecular weight excluding hydrogens is 168 g/mol. The normalized spacial score (nSPS) is 9.69. The zero-order valence-electron chi connectivity index (χ0n) is 7.70. The van der Waals surface area contributed by atoms with Gasteiger partial charge in [0.05, 0.1) is 24.1 Å². The third kappa shape index (κ3) is 2.18. The van der Waals surface area contributed by atoms with Crippen molar-refractivity contribution in [2.45, 2.75) is 13.8 Å². The van der Waals surface area contributed by atoms with E-state index in [1.165, 1.54) is 13.1 Å². The van der Waals surface area contributed by atoms with Gasteiger partial charge in [0.15, 0.2) is 5.78 Å². The number of nitrogens with zero attached hydrogens (tertiary/aromatic N) is 1. The van der Waals surface area contributed by atoms with Gasteiger partial charge < -0.3 is 10.5 Å². The zero-order chi connectivity index (χ0) is 9.84. The van der Waals surface area contributed by atoms with Gasteiger partial charge in [-0.2, -0.15) is 0 Å². The lowest BCUT2D eigenvalue weighted by molar-refractivity contribution is 0.101. The van der Waals surface area contributed by atoms with Crippen molar-refractivity contribution in [1.29, 1.82) is 0 Å². The van der Waals surface area contributed by atoms with Crippen LogP contribution in [0.15, 0.2) is 12.3 Å². The molecule has 0 amide bonds. The number of nitrogens with two attached hydrogens (primary N) is 1. The molecule has 0 saturated carbocycles. The average Bonchev–Trinajstić information content (AvgIpc) is 2.08. The molecule has 0 atom stereocenters. The highest BCUT2D eigenvalue weighted by atomic mass is 16.5. The first-order chi connectivity index (χ1) is 6.15. The summed E-state index contributed by atoms with van der Waals surface area (Å²) < 4.78 is 5.17. The van der Waals surface area contributed by atoms with Gasteiger partial charge in [0.25, 0.3) is 0 Å². The van der Waals surface area contributed by atoms with E-state index in [0.717, 1.165) is 0 Å². The van der Waals surface area contributed by atoms with Crippen molar-refractivity contribution in [2.24, 2.45) is 0 Å². The second-order valence-electron chi connectivity index (χ2n) is 2.61. The van der Waals surface area contributed by atoms with Crippen LogP contribution in [0.5, 0.6) is 5.88 Å². The fourth-order valence-electron chi connectivity index (χ4n) is 0.972. The van der Waals surface area contributed by atoms with E-state index in [4.69, 9.17) is 10.5 Å². The van der Waals surface area contributed by atoms with Gasteiger partial charge in [-0.05, 0) is 19.9 Å². The summed E-state index contributed by atoms with van der Waals surface area (Å²) in [5, 5.41) is 0. The molecule has 1 rings (SSSR count). The first-order valence-electron chi connectivity index (χ1n) is 4.04. The van der Waals surface area contributed by atoms with E-state index in [9.17, 15) is 4.79 Å². The Balaban J connectivity index is 3.10. The number of ketones is 1. The Hall–Kier alpha value is -1.58. The lowest BCUT2D eigenvalue weighted by atomic mass is 10.2. The summed E-state index contributed by atoms with van der Waals surface area (Å²) in [5.74, 6) is 0.257. The maximum Gasteiger partial charge on any atom is 0.224 e. The number of aromatic nitrogens is 1. The molecule has 0 fully saturated rings. The van der Waals surface area contributed by atoms with E-state index >= 15 is 0 Å². The van der Waals surface area contributed by atoms with Crippen LogP contribution in [-0.2, 0) is 0 Å². The maximum absolute atomic E-state index is 11.1. The fourth-order valence-corrected chi connectivity index (χ4v) is 0.972. The van der Waals surface area contributed by atoms with Crippen molar-refractivity contribution < 1.29 is 9.53 Å². The van der Waals surface area contributed by atoms with E-state index < -0.39 is 0 Å². The SMILES string of the molecule is CCOc1ncc(N)cc1C(C)=O. The Bertz CT molecular complexity index is 323. The molecule has 1 aromatic rings. The number of anilines is 1. The van der Waals surface area contributed by atoms with Crippen LogP contribution in [0, 0.1) is 0 Å². The van der Waals surface area contributed by atoms with Crippen LogP contribution in [0.4, 0.5) is 5.69 Å². The van der Waals surface area contributed by atoms with Crippen LogP contribution >= 0.6 is 0 Å². The fraction of sp³-hybridized carbons (Fsp3) is 0.333. The van der Waals surface area contributed by atoms with E-state index in [2.05, 4.69) is 4.98 Å². The van der Waals surface area contributed by atoms with Crippen LogP contribution < -0.4 is 10.5 Å². The van der Waals surface area contributed by atoms with E-state index in [0.29, 0.717) is 23.7 Å². The quantitative estimate of drug-likeness (QED) is 0.711. The minimum Gasteiger partial charge on any atom is -0.477 e. The third-order valence-electron chi connectivity index (χ3n) is 1.53. The lowest BCUT2D eigenvalue weighted by Gasteiger charge is -2.06. The number of carbonyl (C=O) groups is 1. The van der Waals surface area contributed by atoms with Crippen LogP contribution in [0.1, 0.15) is 24.2 Å². The predicted octanol–water partition coefficient (Wildman–Crippen LogP) is 1.27. The molecule has 4 heteroatoms. The van der Waals surface area contributed by atoms with Crippen molar-refractivity contribution >= 4 is 11.5 Å². The van der Waals surface area contributed by atoms with Crippen LogP contribution in [0.25, 0.3) is 0 Å². The monoisotopic (exact) mass is 180 g/mol. The van der Waals surface area contributed by atoms with E-state index in [1.54, 1.807) is 6.07 Å². The summed E-state index contributed by atoms with van der Waals surface area (Å²) in [5.41, 5.74) is 6.39. The first kappa shape index (κ1) is 9.51. The average molecular weight is 180 g/mol. The molecule has 13 heavy (non-hydrogen) atoms. The van der Waals surface area contributed by atoms with Crippen molar-refractivity contribution in [3.05, 3.63) is 17.8 Å². The van der Waals surface area contributed by atoms with Crippen molar-refractivity contribution in [2.75, 3.05) is 12.3 Å². The molecule has 1 aromatic heterocycles. The topological polar surface area (TPSA) is 65.2 Å². The summed E-state index contributed by atoms with van der Waals surface area (Å²) in [6.45, 7) is 3.78. The number of hydrogen-bond acceptors (Lipinski definition) is 4. The third-order valence-corrected chi connectivity index (χ3v) is 1.53. The van der Waals surface area contributed by atoms with Gasteiger partial charge in [0.1, 0.15) is 0 Å². The number of hydrogen-bond donors (Lipinski definition) is 1. The summed E-state index contributed by atoms with van der Waals surface area (Å²) in [4.78, 5) is 15.0. The molecule has 1 heterocycles. The van der Waals surface area contributed by atoms with Crippen molar-refractivity contribution in [3.8, 4) is 5.88 Å². The minimum atomic E-state index is -0.0942. The second-order valence-corrected chi connectivity index (χ2v) is 2.61. The number of Topliss-reactive ketones (excluding diaryl/α,β-unsaturated/α-hetero) is 1. The lowest BCUT2D eigenvalue weighted by Crippen LogP contribution is -2.04. The molecular formula is C9H12N2O2. The van der Waals surface area contributed by atoms with Crippen LogP contribution in [0.3, 0.4) is 0 Å². The summed E-state index contributed by atoms with van der Waals surface area (Å²) >= 11 is 0. The summed E-state index contributed by atoms with van der Waals surface area (Å²) in [6, 6.07) is 1.57. The van der Waals surface area contributed by atoms with Gasteiger partial charge in [-0.3, -0.25) is 4.79 Å². The molecule has 0 spiro atoms. The molecule has 0 radical (unpaired) electrons. The van der Waals surface area contributed by atoms with E-state index in [-0.39, 0.29) is 5.78 Å². The molecule has 0 aliphatic rings. The highest BCUT2D eigenvalue weighted by Gasteiger charge is 2.09. The Labute approximate surface area is 76.7 Å². The van der Waals surface area contributed by atoms with Gasteiger partial charge in [0.2, 0.25) is 5.88 Å². The Morgan fingerprint density at radius 2 is 2.38 bits per heavy atom. The molecule has 2 N–H and O–H groups in total. The van der Waals surface area contributed by atoms with Gasteiger partial charge >= 0.3 is 0 Å². The van der Waals surface area contributed by atoms with Crippen molar-refractivity contribution in [1.82, 2.24) is 4.98 Å². The number of rotatable bonds is 3. The number of carbonyl (C=O) groups excluding carboxylic acids is 1. The number of ether oxygens (including phenoxy) is 1. The number of nitrogen functional groups attached to an aromatic ring is 1. The second kappa shape index (κ2) is 3.89. The standard InChI is InChI=1S/C9H12N2O2/c1-3-13-9-8(6(2)12)4-7(10)5-11-9/h4-5H,3,10H2,1-2H3. The van der Waals surface area contributed by atoms with E-state index in [1.807, 2.05) is 6.92 Å². The van der Waals surface area contributed by atoms with Gasteiger partial charge in [0, 0.05) is 0 Å².